The molecule has 64 heavy (non-hydrogen) atoms. The lowest BCUT2D eigenvalue weighted by Crippen LogP contribution is -2.25. The summed E-state index contributed by atoms with van der Waals surface area (Å²) in [5.74, 6) is 0.0314. The van der Waals surface area contributed by atoms with Gasteiger partial charge in [0, 0.05) is 44.7 Å². The third kappa shape index (κ3) is 7.32. The fourth-order valence-electron chi connectivity index (χ4n) is 9.57. The smallest absolute Gasteiger partial charge is 0.194 e. The van der Waals surface area contributed by atoms with Gasteiger partial charge in [0.1, 0.15) is 0 Å². The van der Waals surface area contributed by atoms with Gasteiger partial charge in [0.05, 0.1) is 18.2 Å². The van der Waals surface area contributed by atoms with Crippen molar-refractivity contribution in [2.45, 2.75) is 52.4 Å². The predicted octanol–water partition coefficient (Wildman–Crippen LogP) is 15.4. The van der Waals surface area contributed by atoms with Crippen molar-refractivity contribution in [2.75, 3.05) is 10.6 Å². The number of para-hydroxylation sites is 4. The van der Waals surface area contributed by atoms with Gasteiger partial charge in [0.2, 0.25) is 0 Å². The second-order valence-electron chi connectivity index (χ2n) is 17.8. The molecule has 3 aliphatic rings. The van der Waals surface area contributed by atoms with Crippen LogP contribution in [0.25, 0.3) is 38.2 Å². The topological polar surface area (TPSA) is 69.3 Å². The van der Waals surface area contributed by atoms with E-state index in [1.807, 2.05) is 36.4 Å². The van der Waals surface area contributed by atoms with Gasteiger partial charge in [-0.05, 0) is 129 Å². The zero-order chi connectivity index (χ0) is 44.8. The van der Waals surface area contributed by atoms with Crippen LogP contribution in [0.1, 0.15) is 82.6 Å². The second kappa shape index (κ2) is 16.4. The van der Waals surface area contributed by atoms with Gasteiger partial charge < -0.3 is 10.6 Å². The highest BCUT2D eigenvalue weighted by Gasteiger charge is 2.33. The zero-order valence-corrected chi connectivity index (χ0v) is 37.0. The van der Waals surface area contributed by atoms with Gasteiger partial charge in [0.25, 0.3) is 0 Å². The summed E-state index contributed by atoms with van der Waals surface area (Å²) in [5, 5.41) is 16.1. The van der Waals surface area contributed by atoms with Crippen LogP contribution in [-0.4, -0.2) is 5.78 Å². The molecule has 0 spiro atoms. The van der Waals surface area contributed by atoms with Crippen LogP contribution in [-0.2, 0) is 10.8 Å². The van der Waals surface area contributed by atoms with Crippen LogP contribution in [0.5, 0.6) is 0 Å². The number of hydrogen-bond donors (Lipinski definition) is 2. The summed E-state index contributed by atoms with van der Waals surface area (Å²) in [5.41, 5.74) is 21.3. The standard InChI is InChI=1S/C29H18N2O.2C15H15N/c1-17-12-25-26-13-18(2)24(21-8-10-22(31-3)11-9-21)15-28(26)29(32)27(25)14-23(17)20-6-4-19(16-30)5-7-20;2*1-15(2)11-7-3-5-9-13(11)16-14-10-6-4-8-12(14)15/h4-15H,1-2H3;2*3-10,16H,1-2H3. The van der Waals surface area contributed by atoms with Crippen LogP contribution in [0.2, 0.25) is 0 Å². The Hall–Kier alpha value is -7.99. The first kappa shape index (κ1) is 41.4. The van der Waals surface area contributed by atoms with Gasteiger partial charge in [-0.15, -0.1) is 0 Å². The van der Waals surface area contributed by atoms with Crippen molar-refractivity contribution in [3.63, 3.8) is 0 Å². The summed E-state index contributed by atoms with van der Waals surface area (Å²) in [6, 6.07) is 59.4. The molecular weight excluding hydrogens is 781 g/mol. The fourth-order valence-corrected chi connectivity index (χ4v) is 9.57. The molecule has 5 nitrogen and oxygen atoms in total. The predicted molar refractivity (Wildman–Crippen MR) is 263 cm³/mol. The van der Waals surface area contributed by atoms with E-state index in [0.29, 0.717) is 22.4 Å². The Morgan fingerprint density at radius 3 is 1.16 bits per heavy atom. The van der Waals surface area contributed by atoms with E-state index >= 15 is 0 Å². The molecule has 0 fully saturated rings. The molecule has 0 radical (unpaired) electrons. The summed E-state index contributed by atoms with van der Waals surface area (Å²) >= 11 is 0. The average molecular weight is 829 g/mol. The van der Waals surface area contributed by atoms with E-state index in [-0.39, 0.29) is 16.6 Å². The number of fused-ring (bicyclic) bond motifs is 7. The quantitative estimate of drug-likeness (QED) is 0.170. The Morgan fingerprint density at radius 1 is 0.469 bits per heavy atom. The largest absolute Gasteiger partial charge is 0.355 e. The molecule has 0 saturated heterocycles. The van der Waals surface area contributed by atoms with Crippen LogP contribution < -0.4 is 10.6 Å². The van der Waals surface area contributed by atoms with E-state index in [1.54, 1.807) is 24.3 Å². The minimum Gasteiger partial charge on any atom is -0.355 e. The highest BCUT2D eigenvalue weighted by atomic mass is 16.1. The molecule has 0 unspecified atom stereocenters. The van der Waals surface area contributed by atoms with Gasteiger partial charge in [-0.25, -0.2) is 4.85 Å². The number of benzene rings is 8. The molecule has 0 amide bonds. The number of anilines is 4. The summed E-state index contributed by atoms with van der Waals surface area (Å²) in [7, 11) is 0. The minimum atomic E-state index is 0.0314. The Labute approximate surface area is 376 Å². The van der Waals surface area contributed by atoms with Crippen molar-refractivity contribution in [1.82, 2.24) is 0 Å². The highest BCUT2D eigenvalue weighted by Crippen LogP contribution is 2.47. The number of nitrogens with one attached hydrogen (secondary N) is 2. The van der Waals surface area contributed by atoms with E-state index in [4.69, 9.17) is 11.8 Å². The molecule has 0 saturated carbocycles. The monoisotopic (exact) mass is 828 g/mol. The van der Waals surface area contributed by atoms with Gasteiger partial charge in [0.15, 0.2) is 11.5 Å². The first-order chi connectivity index (χ1) is 30.9. The molecule has 0 atom stereocenters. The van der Waals surface area contributed by atoms with Crippen LogP contribution in [0.3, 0.4) is 0 Å². The SMILES string of the molecule is CC1(C)c2ccccc2Nc2ccccc21.CC1(C)c2ccccc2Nc2ccccc21.[C-]#[N+]c1ccc(-c2cc3c(cc2C)-c2cc(C)c(-c4ccc(C#N)cc4)cc2C3=O)cc1. The van der Waals surface area contributed by atoms with E-state index in [0.717, 1.165) is 44.5 Å². The maximum atomic E-state index is 13.4. The molecular formula is C59H48N4O. The lowest BCUT2D eigenvalue weighted by molar-refractivity contribution is 0.104. The maximum absolute atomic E-state index is 13.4. The lowest BCUT2D eigenvalue weighted by atomic mass is 9.74. The van der Waals surface area contributed by atoms with Crippen molar-refractivity contribution in [3.05, 3.63) is 231 Å². The average Bonchev–Trinajstić information content (AvgIpc) is 3.57. The summed E-state index contributed by atoms with van der Waals surface area (Å²) in [6.07, 6.45) is 0. The molecule has 0 aromatic heterocycles. The molecule has 2 N–H and O–H groups in total. The van der Waals surface area contributed by atoms with Gasteiger partial charge in [-0.3, -0.25) is 4.79 Å². The van der Waals surface area contributed by atoms with Gasteiger partial charge in [-0.2, -0.15) is 5.26 Å². The number of nitrogens with zero attached hydrogens (tertiary/aromatic N) is 2. The van der Waals surface area contributed by atoms with Crippen molar-refractivity contribution >= 4 is 34.2 Å². The molecule has 11 rings (SSSR count). The Bertz CT molecular complexity index is 2900. The van der Waals surface area contributed by atoms with Gasteiger partial charge >= 0.3 is 0 Å². The minimum absolute atomic E-state index is 0.0314. The number of ketones is 1. The number of carbonyl (C=O) groups excluding carboxylic acids is 1. The van der Waals surface area contributed by atoms with Crippen molar-refractivity contribution in [3.8, 4) is 39.4 Å². The molecule has 2 aliphatic heterocycles. The number of aryl methyl sites for hydroxylation is 2. The van der Waals surface area contributed by atoms with E-state index in [1.165, 1.54) is 45.0 Å². The molecule has 1 aliphatic carbocycles. The molecule has 8 aromatic carbocycles. The van der Waals surface area contributed by atoms with Crippen LogP contribution in [0.15, 0.2) is 170 Å². The summed E-state index contributed by atoms with van der Waals surface area (Å²) in [6.45, 7) is 20.4. The highest BCUT2D eigenvalue weighted by molar-refractivity contribution is 6.23. The molecule has 2 heterocycles. The van der Waals surface area contributed by atoms with Crippen molar-refractivity contribution in [2.24, 2.45) is 0 Å². The Morgan fingerprint density at radius 2 is 0.812 bits per heavy atom. The maximum Gasteiger partial charge on any atom is 0.194 e. The van der Waals surface area contributed by atoms with Crippen LogP contribution in [0.4, 0.5) is 28.4 Å². The van der Waals surface area contributed by atoms with E-state index in [9.17, 15) is 4.79 Å². The fraction of sp³-hybridized carbons (Fsp3) is 0.136. The molecule has 310 valence electrons. The number of nitriles is 1. The zero-order valence-electron chi connectivity index (χ0n) is 37.0. The Kier molecular flexibility index (Phi) is 10.6. The van der Waals surface area contributed by atoms with Crippen LogP contribution >= 0.6 is 0 Å². The first-order valence-electron chi connectivity index (χ1n) is 21.6. The Balaban J connectivity index is 0.000000135. The summed E-state index contributed by atoms with van der Waals surface area (Å²) < 4.78 is 0. The molecule has 8 aromatic rings. The third-order valence-corrected chi connectivity index (χ3v) is 13.1. The number of rotatable bonds is 2. The van der Waals surface area contributed by atoms with Crippen LogP contribution in [0, 0.1) is 31.8 Å². The number of carbonyl (C=O) groups is 1. The first-order valence-corrected chi connectivity index (χ1v) is 21.6. The van der Waals surface area contributed by atoms with Crippen molar-refractivity contribution < 1.29 is 4.79 Å². The molecule has 5 heteroatoms. The number of hydrogen-bond acceptors (Lipinski definition) is 4. The second-order valence-corrected chi connectivity index (χ2v) is 17.8. The van der Waals surface area contributed by atoms with Crippen molar-refractivity contribution in [1.29, 1.82) is 5.26 Å². The summed E-state index contributed by atoms with van der Waals surface area (Å²) in [4.78, 5) is 16.9. The van der Waals surface area contributed by atoms with E-state index in [2.05, 4.69) is 172 Å². The lowest BCUT2D eigenvalue weighted by Gasteiger charge is -2.35. The third-order valence-electron chi connectivity index (χ3n) is 13.1. The van der Waals surface area contributed by atoms with E-state index < -0.39 is 0 Å². The normalized spacial score (nSPS) is 13.7. The molecule has 0 bridgehead atoms. The van der Waals surface area contributed by atoms with Gasteiger partial charge in [-0.1, -0.05) is 149 Å².